The summed E-state index contributed by atoms with van der Waals surface area (Å²) in [6.45, 7) is 7.02. The van der Waals surface area contributed by atoms with E-state index < -0.39 is 0 Å². The highest BCUT2D eigenvalue weighted by atomic mass is 14.9. The summed E-state index contributed by atoms with van der Waals surface area (Å²) in [7, 11) is 0. The topological polar surface area (TPSA) is 12.0 Å². The van der Waals surface area contributed by atoms with Crippen LogP contribution in [-0.2, 0) is 6.42 Å². The van der Waals surface area contributed by atoms with Crippen LogP contribution in [0.15, 0.2) is 66.3 Å². The molecule has 1 aromatic rings. The second-order valence-corrected chi connectivity index (χ2v) is 4.62. The van der Waals surface area contributed by atoms with Gasteiger partial charge in [-0.05, 0) is 43.0 Å². The van der Waals surface area contributed by atoms with E-state index >= 15 is 0 Å². The van der Waals surface area contributed by atoms with E-state index in [2.05, 4.69) is 61.3 Å². The lowest BCUT2D eigenvalue weighted by atomic mass is 9.88. The zero-order valence-electron chi connectivity index (χ0n) is 11.0. The van der Waals surface area contributed by atoms with Gasteiger partial charge in [0.25, 0.3) is 0 Å². The molecule has 1 fully saturated rings. The van der Waals surface area contributed by atoms with Crippen LogP contribution < -0.4 is 5.32 Å². The van der Waals surface area contributed by atoms with Gasteiger partial charge in [-0.3, -0.25) is 0 Å². The van der Waals surface area contributed by atoms with Gasteiger partial charge in [0.1, 0.15) is 0 Å². The minimum Gasteiger partial charge on any atom is -0.309 e. The van der Waals surface area contributed by atoms with Crippen LogP contribution in [0.1, 0.15) is 18.9 Å². The summed E-state index contributed by atoms with van der Waals surface area (Å²) in [5.41, 5.74) is 4.22. The predicted octanol–water partition coefficient (Wildman–Crippen LogP) is 3.65. The second-order valence-electron chi connectivity index (χ2n) is 4.62. The highest BCUT2D eigenvalue weighted by Gasteiger charge is 2.21. The molecule has 1 heterocycles. The van der Waals surface area contributed by atoms with Crippen molar-refractivity contribution in [3.05, 3.63) is 71.8 Å². The van der Waals surface area contributed by atoms with Crippen molar-refractivity contribution >= 4 is 0 Å². The van der Waals surface area contributed by atoms with Gasteiger partial charge in [-0.1, -0.05) is 55.1 Å². The number of hydrogen-bond acceptors (Lipinski definition) is 1. The number of allylic oxidation sites excluding steroid dienone is 3. The molecule has 94 valence electrons. The first-order valence-electron chi connectivity index (χ1n) is 6.60. The molecule has 1 aliphatic rings. The van der Waals surface area contributed by atoms with Crippen molar-refractivity contribution in [2.24, 2.45) is 0 Å². The third-order valence-corrected chi connectivity index (χ3v) is 3.46. The van der Waals surface area contributed by atoms with E-state index in [1.54, 1.807) is 0 Å². The van der Waals surface area contributed by atoms with Gasteiger partial charge in [0.15, 0.2) is 0 Å². The molecule has 0 radical (unpaired) electrons. The molecule has 1 saturated heterocycles. The molecule has 1 aromatic carbocycles. The Morgan fingerprint density at radius 2 is 2.11 bits per heavy atom. The average Bonchev–Trinajstić information content (AvgIpc) is 2.42. The molecule has 18 heavy (non-hydrogen) atoms. The summed E-state index contributed by atoms with van der Waals surface area (Å²) < 4.78 is 0. The molecular formula is C17H21N. The lowest BCUT2D eigenvalue weighted by molar-refractivity contribution is 0.535. The maximum atomic E-state index is 3.83. The monoisotopic (exact) mass is 239 g/mol. The average molecular weight is 239 g/mol. The van der Waals surface area contributed by atoms with Crippen LogP contribution in [0.3, 0.4) is 0 Å². The van der Waals surface area contributed by atoms with E-state index in [0.29, 0.717) is 6.04 Å². The normalized spacial score (nSPS) is 24.4. The van der Waals surface area contributed by atoms with Gasteiger partial charge in [0.05, 0.1) is 0 Å². The zero-order chi connectivity index (χ0) is 12.8. The highest BCUT2D eigenvalue weighted by molar-refractivity contribution is 5.40. The van der Waals surface area contributed by atoms with Crippen molar-refractivity contribution < 1.29 is 0 Å². The van der Waals surface area contributed by atoms with E-state index in [-0.39, 0.29) is 0 Å². The zero-order valence-corrected chi connectivity index (χ0v) is 11.0. The largest absolute Gasteiger partial charge is 0.309 e. The molecule has 0 bridgehead atoms. The van der Waals surface area contributed by atoms with Crippen molar-refractivity contribution in [1.82, 2.24) is 5.32 Å². The number of nitrogens with one attached hydrogen (secondary N) is 1. The number of piperidine rings is 1. The fourth-order valence-electron chi connectivity index (χ4n) is 2.55. The van der Waals surface area contributed by atoms with Crippen LogP contribution in [-0.4, -0.2) is 12.6 Å². The first-order valence-corrected chi connectivity index (χ1v) is 6.60. The summed E-state index contributed by atoms with van der Waals surface area (Å²) in [5, 5.41) is 3.61. The van der Waals surface area contributed by atoms with Gasteiger partial charge in [-0.2, -0.15) is 0 Å². The molecule has 0 unspecified atom stereocenters. The third-order valence-electron chi connectivity index (χ3n) is 3.46. The van der Waals surface area contributed by atoms with E-state index in [4.69, 9.17) is 0 Å². The van der Waals surface area contributed by atoms with Crippen molar-refractivity contribution in [3.63, 3.8) is 0 Å². The number of hydrogen-bond donors (Lipinski definition) is 1. The van der Waals surface area contributed by atoms with Crippen molar-refractivity contribution in [3.8, 4) is 0 Å². The molecule has 1 heteroatoms. The Balaban J connectivity index is 2.20. The van der Waals surface area contributed by atoms with E-state index in [9.17, 15) is 0 Å². The Morgan fingerprint density at radius 1 is 1.33 bits per heavy atom. The van der Waals surface area contributed by atoms with Gasteiger partial charge in [-0.15, -0.1) is 0 Å². The summed E-state index contributed by atoms with van der Waals surface area (Å²) in [4.78, 5) is 0. The lowest BCUT2D eigenvalue weighted by Gasteiger charge is -2.29. The quantitative estimate of drug-likeness (QED) is 0.849. The highest BCUT2D eigenvalue weighted by Crippen LogP contribution is 2.24. The van der Waals surface area contributed by atoms with E-state index in [0.717, 1.165) is 19.4 Å². The second kappa shape index (κ2) is 6.36. The maximum absolute atomic E-state index is 3.83. The molecule has 0 spiro atoms. The Bertz CT molecular complexity index is 454. The molecule has 1 N–H and O–H groups in total. The smallest absolute Gasteiger partial charge is 0.0363 e. The Morgan fingerprint density at radius 3 is 2.78 bits per heavy atom. The van der Waals surface area contributed by atoms with Crippen molar-refractivity contribution in [1.29, 1.82) is 0 Å². The molecular weight excluding hydrogens is 218 g/mol. The summed E-state index contributed by atoms with van der Waals surface area (Å²) in [6.07, 6.45) is 8.42. The Labute approximate surface area is 110 Å². The molecule has 0 aliphatic carbocycles. The fraction of sp³-hybridized carbons (Fsp3) is 0.294. The maximum Gasteiger partial charge on any atom is 0.0363 e. The van der Waals surface area contributed by atoms with Crippen LogP contribution in [0, 0.1) is 0 Å². The molecule has 0 saturated carbocycles. The Kier molecular flexibility index (Phi) is 4.54. The van der Waals surface area contributed by atoms with E-state index in [1.807, 2.05) is 6.08 Å². The SMILES string of the molecule is C=CC=C1/C(=C\C)CCN[C@H]1Cc1ccccc1. The molecule has 1 atom stereocenters. The van der Waals surface area contributed by atoms with Gasteiger partial charge in [0, 0.05) is 6.04 Å². The first kappa shape index (κ1) is 12.8. The van der Waals surface area contributed by atoms with Gasteiger partial charge < -0.3 is 5.32 Å². The van der Waals surface area contributed by atoms with Gasteiger partial charge in [0.2, 0.25) is 0 Å². The van der Waals surface area contributed by atoms with Gasteiger partial charge >= 0.3 is 0 Å². The van der Waals surface area contributed by atoms with Gasteiger partial charge in [-0.25, -0.2) is 0 Å². The van der Waals surface area contributed by atoms with Crippen molar-refractivity contribution in [2.45, 2.75) is 25.8 Å². The van der Waals surface area contributed by atoms with Crippen LogP contribution in [0.5, 0.6) is 0 Å². The summed E-state index contributed by atoms with van der Waals surface area (Å²) in [6, 6.07) is 11.1. The van der Waals surface area contributed by atoms with Crippen LogP contribution in [0.25, 0.3) is 0 Å². The number of rotatable bonds is 3. The molecule has 0 amide bonds. The molecule has 2 rings (SSSR count). The predicted molar refractivity (Wildman–Crippen MR) is 78.6 cm³/mol. The van der Waals surface area contributed by atoms with Crippen LogP contribution >= 0.6 is 0 Å². The van der Waals surface area contributed by atoms with E-state index in [1.165, 1.54) is 16.7 Å². The van der Waals surface area contributed by atoms with Crippen LogP contribution in [0.2, 0.25) is 0 Å². The lowest BCUT2D eigenvalue weighted by Crippen LogP contribution is -2.38. The molecule has 1 aliphatic heterocycles. The van der Waals surface area contributed by atoms with Crippen molar-refractivity contribution in [2.75, 3.05) is 6.54 Å². The summed E-state index contributed by atoms with van der Waals surface area (Å²) in [5.74, 6) is 0. The standard InChI is InChI=1S/C17H21N/c1-3-8-16-15(4-2)11-12-18-17(16)13-14-9-6-5-7-10-14/h3-10,17-18H,1,11-13H2,2H3/b15-4-,16-8?/t17-/m0/s1. The fourth-order valence-corrected chi connectivity index (χ4v) is 2.55. The minimum absolute atomic E-state index is 0.408. The minimum atomic E-state index is 0.408. The number of benzene rings is 1. The molecule has 1 nitrogen and oxygen atoms in total. The Hall–Kier alpha value is -1.60. The van der Waals surface area contributed by atoms with Crippen LogP contribution in [0.4, 0.5) is 0 Å². The molecule has 0 aromatic heterocycles. The summed E-state index contributed by atoms with van der Waals surface area (Å²) >= 11 is 0. The third kappa shape index (κ3) is 2.99. The first-order chi connectivity index (χ1) is 8.85.